The summed E-state index contributed by atoms with van der Waals surface area (Å²) in [4.78, 5) is 4.05. The van der Waals surface area contributed by atoms with Gasteiger partial charge in [0.15, 0.2) is 5.82 Å². The van der Waals surface area contributed by atoms with Gasteiger partial charge in [0, 0.05) is 6.61 Å². The first-order valence-corrected chi connectivity index (χ1v) is 4.85. The Morgan fingerprint density at radius 1 is 1.58 bits per heavy atom. The van der Waals surface area contributed by atoms with Crippen molar-refractivity contribution in [2.45, 2.75) is 26.4 Å². The third-order valence-corrected chi connectivity index (χ3v) is 2.24. The summed E-state index contributed by atoms with van der Waals surface area (Å²) >= 11 is 6.84. The van der Waals surface area contributed by atoms with Gasteiger partial charge in [-0.15, -0.1) is 0 Å². The average molecular weight is 207 g/mol. The second-order valence-electron chi connectivity index (χ2n) is 2.81. The zero-order chi connectivity index (χ0) is 9.19. The molecule has 0 aliphatic carbocycles. The van der Waals surface area contributed by atoms with Crippen LogP contribution in [0.25, 0.3) is 0 Å². The Morgan fingerprint density at radius 3 is 2.67 bits per heavy atom. The molecule has 0 saturated heterocycles. The number of halogens is 1. The van der Waals surface area contributed by atoms with Gasteiger partial charge in [-0.1, -0.05) is 0 Å². The monoisotopic (exact) mass is 206 g/mol. The van der Waals surface area contributed by atoms with E-state index in [0.29, 0.717) is 16.9 Å². The summed E-state index contributed by atoms with van der Waals surface area (Å²) in [6.45, 7) is 6.43. The minimum atomic E-state index is -0.432. The van der Waals surface area contributed by atoms with Gasteiger partial charge in [0.05, 0.1) is 0 Å². The van der Waals surface area contributed by atoms with Crippen molar-refractivity contribution in [3.8, 4) is 0 Å². The van der Waals surface area contributed by atoms with Crippen LogP contribution in [-0.4, -0.2) is 16.0 Å². The van der Waals surface area contributed by atoms with Crippen LogP contribution in [0.4, 0.5) is 0 Å². The molecule has 0 N–H and O–H groups in total. The smallest absolute Gasteiger partial charge is 0.203 e. The van der Waals surface area contributed by atoms with Gasteiger partial charge < -0.3 is 4.74 Å². The molecule has 12 heavy (non-hydrogen) atoms. The van der Waals surface area contributed by atoms with Crippen molar-refractivity contribution in [3.63, 3.8) is 0 Å². The zero-order valence-corrected chi connectivity index (χ0v) is 8.87. The Kier molecular flexibility index (Phi) is 3.04. The number of hydrogen-bond donors (Lipinski definition) is 0. The summed E-state index contributed by atoms with van der Waals surface area (Å²) in [5.74, 6) is 0.652. The quantitative estimate of drug-likeness (QED) is 0.762. The summed E-state index contributed by atoms with van der Waals surface area (Å²) in [6.07, 6.45) is 0. The van der Waals surface area contributed by atoms with Gasteiger partial charge in [-0.25, -0.2) is 4.98 Å². The van der Waals surface area contributed by atoms with Crippen LogP contribution in [0.5, 0.6) is 0 Å². The summed E-state index contributed by atoms with van der Waals surface area (Å²) in [6, 6.07) is 0. The molecule has 0 spiro atoms. The number of rotatable bonds is 3. The highest BCUT2D eigenvalue weighted by molar-refractivity contribution is 7.10. The molecule has 5 heteroatoms. The highest BCUT2D eigenvalue weighted by Gasteiger charge is 2.25. The van der Waals surface area contributed by atoms with Gasteiger partial charge in [0.2, 0.25) is 4.47 Å². The topological polar surface area (TPSA) is 35.0 Å². The summed E-state index contributed by atoms with van der Waals surface area (Å²) in [5.41, 5.74) is -0.432. The first-order valence-electron chi connectivity index (χ1n) is 3.70. The minimum absolute atomic E-state index is 0.432. The summed E-state index contributed by atoms with van der Waals surface area (Å²) < 4.78 is 9.99. The molecule has 0 aromatic carbocycles. The van der Waals surface area contributed by atoms with Crippen LogP contribution in [0.1, 0.15) is 26.6 Å². The lowest BCUT2D eigenvalue weighted by Gasteiger charge is -2.20. The van der Waals surface area contributed by atoms with E-state index in [1.165, 1.54) is 11.5 Å². The Balaban J connectivity index is 2.81. The van der Waals surface area contributed by atoms with Crippen molar-refractivity contribution in [1.29, 1.82) is 0 Å². The molecule has 0 amide bonds. The third kappa shape index (κ3) is 2.15. The Morgan fingerprint density at radius 2 is 2.25 bits per heavy atom. The normalized spacial score (nSPS) is 12.0. The molecular formula is C7H11ClN2OS. The molecule has 0 atom stereocenters. The molecule has 1 heterocycles. The van der Waals surface area contributed by atoms with E-state index in [4.69, 9.17) is 16.3 Å². The van der Waals surface area contributed by atoms with Crippen molar-refractivity contribution >= 4 is 23.1 Å². The average Bonchev–Trinajstić information content (AvgIpc) is 2.36. The van der Waals surface area contributed by atoms with Gasteiger partial charge >= 0.3 is 0 Å². The van der Waals surface area contributed by atoms with E-state index in [0.717, 1.165) is 0 Å². The van der Waals surface area contributed by atoms with Crippen molar-refractivity contribution in [2.24, 2.45) is 0 Å². The van der Waals surface area contributed by atoms with Crippen LogP contribution in [0.2, 0.25) is 4.47 Å². The van der Waals surface area contributed by atoms with Crippen LogP contribution in [-0.2, 0) is 10.3 Å². The van der Waals surface area contributed by atoms with E-state index in [2.05, 4.69) is 9.36 Å². The van der Waals surface area contributed by atoms with Crippen molar-refractivity contribution in [3.05, 3.63) is 10.3 Å². The fourth-order valence-electron chi connectivity index (χ4n) is 0.875. The highest BCUT2D eigenvalue weighted by Crippen LogP contribution is 2.24. The lowest BCUT2D eigenvalue weighted by Crippen LogP contribution is -2.23. The maximum Gasteiger partial charge on any atom is 0.203 e. The maximum absolute atomic E-state index is 5.66. The van der Waals surface area contributed by atoms with Gasteiger partial charge in [0.25, 0.3) is 0 Å². The fraction of sp³-hybridized carbons (Fsp3) is 0.714. The molecule has 0 aliphatic rings. The molecule has 0 bridgehead atoms. The Labute approximate surface area is 80.9 Å². The van der Waals surface area contributed by atoms with E-state index in [1.807, 2.05) is 20.8 Å². The molecule has 1 aromatic rings. The lowest BCUT2D eigenvalue weighted by atomic mass is 10.1. The number of nitrogens with zero attached hydrogens (tertiary/aromatic N) is 2. The molecule has 0 aliphatic heterocycles. The number of ether oxygens (including phenoxy) is 1. The van der Waals surface area contributed by atoms with Gasteiger partial charge in [-0.05, 0) is 43.9 Å². The predicted octanol–water partition coefficient (Wildman–Crippen LogP) is 2.46. The minimum Gasteiger partial charge on any atom is -0.368 e. The van der Waals surface area contributed by atoms with Crippen LogP contribution in [0.3, 0.4) is 0 Å². The lowest BCUT2D eigenvalue weighted by molar-refractivity contribution is -0.0199. The van der Waals surface area contributed by atoms with E-state index < -0.39 is 5.60 Å². The number of hydrogen-bond acceptors (Lipinski definition) is 4. The van der Waals surface area contributed by atoms with Crippen LogP contribution < -0.4 is 0 Å². The van der Waals surface area contributed by atoms with Gasteiger partial charge in [-0.2, -0.15) is 4.37 Å². The molecule has 0 saturated carbocycles. The first-order chi connectivity index (χ1) is 5.56. The standard InChI is InChI=1S/C7H11ClN2OS/c1-4-11-7(2,3)5-9-6(8)12-10-5/h4H2,1-3H3. The van der Waals surface area contributed by atoms with E-state index >= 15 is 0 Å². The highest BCUT2D eigenvalue weighted by atomic mass is 35.5. The van der Waals surface area contributed by atoms with Crippen molar-refractivity contribution in [2.75, 3.05) is 6.61 Å². The Bertz CT molecular complexity index is 262. The van der Waals surface area contributed by atoms with E-state index in [-0.39, 0.29) is 0 Å². The van der Waals surface area contributed by atoms with Gasteiger partial charge in [-0.3, -0.25) is 0 Å². The molecule has 1 aromatic heterocycles. The fourth-order valence-corrected chi connectivity index (χ4v) is 1.61. The van der Waals surface area contributed by atoms with E-state index in [1.54, 1.807) is 0 Å². The molecular weight excluding hydrogens is 196 g/mol. The molecule has 68 valence electrons. The van der Waals surface area contributed by atoms with Crippen LogP contribution in [0.15, 0.2) is 0 Å². The maximum atomic E-state index is 5.66. The van der Waals surface area contributed by atoms with Crippen LogP contribution in [0, 0.1) is 0 Å². The molecule has 3 nitrogen and oxygen atoms in total. The van der Waals surface area contributed by atoms with Crippen LogP contribution >= 0.6 is 23.1 Å². The van der Waals surface area contributed by atoms with E-state index in [9.17, 15) is 0 Å². The second-order valence-corrected chi connectivity index (χ2v) is 4.15. The number of aromatic nitrogens is 2. The predicted molar refractivity (Wildman–Crippen MR) is 49.6 cm³/mol. The molecule has 0 radical (unpaired) electrons. The van der Waals surface area contributed by atoms with Crippen molar-refractivity contribution < 1.29 is 4.74 Å². The molecule has 1 rings (SSSR count). The van der Waals surface area contributed by atoms with Crippen molar-refractivity contribution in [1.82, 2.24) is 9.36 Å². The molecule has 0 fully saturated rings. The molecule has 0 unspecified atom stereocenters. The zero-order valence-electron chi connectivity index (χ0n) is 7.30. The Hall–Kier alpha value is -0.190. The summed E-state index contributed by atoms with van der Waals surface area (Å²) in [5, 5.41) is 0. The van der Waals surface area contributed by atoms with Gasteiger partial charge in [0.1, 0.15) is 5.60 Å². The summed E-state index contributed by atoms with van der Waals surface area (Å²) in [7, 11) is 0. The first kappa shape index (κ1) is 9.89. The SMILES string of the molecule is CCOC(C)(C)c1nsc(Cl)n1. The largest absolute Gasteiger partial charge is 0.368 e. The second kappa shape index (κ2) is 3.68. The third-order valence-electron chi connectivity index (χ3n) is 1.44.